The van der Waals surface area contributed by atoms with Gasteiger partial charge in [0, 0.05) is 21.3 Å². The van der Waals surface area contributed by atoms with Crippen LogP contribution in [0.2, 0.25) is 0 Å². The first-order chi connectivity index (χ1) is 10.2. The molecule has 2 atom stereocenters. The fraction of sp³-hybridized carbons (Fsp3) is 0.600. The van der Waals surface area contributed by atoms with Crippen molar-refractivity contribution in [3.8, 4) is 5.75 Å². The molecule has 0 spiro atoms. The maximum atomic E-state index is 13.0. The largest absolute Gasteiger partial charge is 0.497 e. The molecule has 0 amide bonds. The molecule has 2 unspecified atom stereocenters. The van der Waals surface area contributed by atoms with Gasteiger partial charge in [-0.25, -0.2) is 0 Å². The molecule has 2 heterocycles. The van der Waals surface area contributed by atoms with Crippen molar-refractivity contribution < 1.29 is 27.2 Å². The number of halogens is 3. The summed E-state index contributed by atoms with van der Waals surface area (Å²) in [6, 6.07) is 3.35. The van der Waals surface area contributed by atoms with Crippen molar-refractivity contribution in [2.24, 2.45) is 0 Å². The average Bonchev–Trinajstić information content (AvgIpc) is 2.69. The summed E-state index contributed by atoms with van der Waals surface area (Å²) in [5.74, 6) is 0.0669. The molecule has 22 heavy (non-hydrogen) atoms. The van der Waals surface area contributed by atoms with Gasteiger partial charge in [0.15, 0.2) is 0 Å². The first kappa shape index (κ1) is 15.8. The number of fused-ring (bicyclic) bond motifs is 2. The fourth-order valence-electron chi connectivity index (χ4n) is 3.47. The molecular weight excluding hydrogens is 317 g/mol. The average molecular weight is 334 g/mol. The van der Waals surface area contributed by atoms with Crippen LogP contribution in [-0.4, -0.2) is 26.9 Å². The SMILES string of the molecule is COc1cc(C(F)(F)F)cc(C2(O)CC3CCC(C2)S3=O)c1. The number of hydrogen-bond donors (Lipinski definition) is 1. The number of aliphatic hydroxyl groups is 1. The number of methoxy groups -OCH3 is 1. The lowest BCUT2D eigenvalue weighted by atomic mass is 9.85. The summed E-state index contributed by atoms with van der Waals surface area (Å²) in [6.07, 6.45) is -2.51. The Balaban J connectivity index is 2.02. The Hall–Kier alpha value is -1.08. The van der Waals surface area contributed by atoms with E-state index in [2.05, 4.69) is 0 Å². The molecule has 1 aromatic rings. The quantitative estimate of drug-likeness (QED) is 0.904. The zero-order chi connectivity index (χ0) is 16.1. The second kappa shape index (κ2) is 5.23. The molecule has 2 aliphatic heterocycles. The van der Waals surface area contributed by atoms with Crippen LogP contribution in [0.25, 0.3) is 0 Å². The molecule has 1 aromatic carbocycles. The molecule has 1 N–H and O–H groups in total. The minimum Gasteiger partial charge on any atom is -0.497 e. The molecule has 0 saturated carbocycles. The van der Waals surface area contributed by atoms with E-state index >= 15 is 0 Å². The molecule has 122 valence electrons. The van der Waals surface area contributed by atoms with Crippen LogP contribution in [-0.2, 0) is 22.6 Å². The van der Waals surface area contributed by atoms with Crippen molar-refractivity contribution in [2.45, 2.75) is 48.0 Å². The topological polar surface area (TPSA) is 46.5 Å². The van der Waals surface area contributed by atoms with E-state index < -0.39 is 28.1 Å². The molecule has 2 fully saturated rings. The highest BCUT2D eigenvalue weighted by Crippen LogP contribution is 2.47. The molecule has 7 heteroatoms. The van der Waals surface area contributed by atoms with E-state index in [1.807, 2.05) is 0 Å². The molecule has 3 nitrogen and oxygen atoms in total. The van der Waals surface area contributed by atoms with Crippen LogP contribution < -0.4 is 4.74 Å². The molecule has 0 aliphatic carbocycles. The number of ether oxygens (including phenoxy) is 1. The van der Waals surface area contributed by atoms with Gasteiger partial charge in [-0.15, -0.1) is 0 Å². The highest BCUT2D eigenvalue weighted by molar-refractivity contribution is 7.86. The second-order valence-electron chi connectivity index (χ2n) is 6.04. The summed E-state index contributed by atoms with van der Waals surface area (Å²) in [4.78, 5) is 0. The summed E-state index contributed by atoms with van der Waals surface area (Å²) in [7, 11) is 0.313. The smallest absolute Gasteiger partial charge is 0.416 e. The number of alkyl halides is 3. The maximum absolute atomic E-state index is 13.0. The van der Waals surface area contributed by atoms with Crippen LogP contribution in [0.4, 0.5) is 13.2 Å². The lowest BCUT2D eigenvalue weighted by molar-refractivity contribution is -0.137. The van der Waals surface area contributed by atoms with Gasteiger partial charge >= 0.3 is 6.18 Å². The van der Waals surface area contributed by atoms with Crippen LogP contribution in [0.3, 0.4) is 0 Å². The van der Waals surface area contributed by atoms with Crippen molar-refractivity contribution >= 4 is 10.8 Å². The fourth-order valence-corrected chi connectivity index (χ4v) is 5.63. The highest BCUT2D eigenvalue weighted by atomic mass is 32.2. The monoisotopic (exact) mass is 334 g/mol. The summed E-state index contributed by atoms with van der Waals surface area (Å²) >= 11 is 0. The minimum absolute atomic E-state index is 0.0669. The summed E-state index contributed by atoms with van der Waals surface area (Å²) in [5, 5.41) is 10.6. The predicted molar refractivity (Wildman–Crippen MR) is 76.1 cm³/mol. The number of rotatable bonds is 2. The van der Waals surface area contributed by atoms with Gasteiger partial charge in [-0.05, 0) is 49.4 Å². The van der Waals surface area contributed by atoms with E-state index in [9.17, 15) is 22.5 Å². The van der Waals surface area contributed by atoms with Crippen molar-refractivity contribution in [3.05, 3.63) is 29.3 Å². The zero-order valence-electron chi connectivity index (χ0n) is 12.0. The Morgan fingerprint density at radius 2 is 1.82 bits per heavy atom. The van der Waals surface area contributed by atoms with E-state index in [0.29, 0.717) is 0 Å². The third kappa shape index (κ3) is 2.65. The van der Waals surface area contributed by atoms with Gasteiger partial charge in [0.25, 0.3) is 0 Å². The highest BCUT2D eigenvalue weighted by Gasteiger charge is 2.49. The van der Waals surface area contributed by atoms with Crippen molar-refractivity contribution in [1.82, 2.24) is 0 Å². The molecule has 3 rings (SSSR count). The molecular formula is C15H17F3O3S. The third-order valence-corrected chi connectivity index (χ3v) is 6.72. The van der Waals surface area contributed by atoms with E-state index in [4.69, 9.17) is 4.74 Å². The maximum Gasteiger partial charge on any atom is 0.416 e. The van der Waals surface area contributed by atoms with E-state index in [0.717, 1.165) is 25.0 Å². The first-order valence-electron chi connectivity index (χ1n) is 7.11. The van der Waals surface area contributed by atoms with Crippen LogP contribution >= 0.6 is 0 Å². The van der Waals surface area contributed by atoms with Gasteiger partial charge in [0.2, 0.25) is 0 Å². The van der Waals surface area contributed by atoms with Crippen molar-refractivity contribution in [2.75, 3.05) is 7.11 Å². The van der Waals surface area contributed by atoms with Gasteiger partial charge in [-0.1, -0.05) is 0 Å². The Bertz CT molecular complexity index is 599. The first-order valence-corrected chi connectivity index (χ1v) is 8.39. The Morgan fingerprint density at radius 3 is 2.32 bits per heavy atom. The standard InChI is InChI=1S/C15H17F3O3S/c1-21-11-5-9(4-10(6-11)15(16,17)18)14(19)7-12-2-3-13(8-14)22(12)20/h4-6,12-13,19H,2-3,7-8H2,1H3. The Kier molecular flexibility index (Phi) is 3.76. The van der Waals surface area contributed by atoms with Gasteiger partial charge in [-0.2, -0.15) is 13.2 Å². The predicted octanol–water partition coefficient (Wildman–Crippen LogP) is 2.98. The number of benzene rings is 1. The summed E-state index contributed by atoms with van der Waals surface area (Å²) < 4.78 is 56.1. The molecule has 2 aliphatic rings. The summed E-state index contributed by atoms with van der Waals surface area (Å²) in [5.41, 5.74) is -2.00. The molecule has 0 radical (unpaired) electrons. The van der Waals surface area contributed by atoms with Crippen LogP contribution in [0.15, 0.2) is 18.2 Å². The summed E-state index contributed by atoms with van der Waals surface area (Å²) in [6.45, 7) is 0. The van der Waals surface area contributed by atoms with Crippen LogP contribution in [0.5, 0.6) is 5.75 Å². The number of hydrogen-bond acceptors (Lipinski definition) is 3. The van der Waals surface area contributed by atoms with Crippen LogP contribution in [0.1, 0.15) is 36.8 Å². The Labute approximate surface area is 128 Å². The Morgan fingerprint density at radius 1 is 1.23 bits per heavy atom. The normalized spacial score (nSPS) is 34.7. The van der Waals surface area contributed by atoms with Gasteiger partial charge in [0.05, 0.1) is 18.3 Å². The van der Waals surface area contributed by atoms with Gasteiger partial charge < -0.3 is 9.84 Å². The van der Waals surface area contributed by atoms with E-state index in [-0.39, 0.29) is 34.7 Å². The molecule has 2 saturated heterocycles. The van der Waals surface area contributed by atoms with Crippen molar-refractivity contribution in [3.63, 3.8) is 0 Å². The second-order valence-corrected chi connectivity index (χ2v) is 8.03. The van der Waals surface area contributed by atoms with Gasteiger partial charge in [-0.3, -0.25) is 4.21 Å². The van der Waals surface area contributed by atoms with E-state index in [1.54, 1.807) is 0 Å². The third-order valence-electron chi connectivity index (χ3n) is 4.61. The minimum atomic E-state index is -4.50. The van der Waals surface area contributed by atoms with E-state index in [1.165, 1.54) is 13.2 Å². The lowest BCUT2D eigenvalue weighted by Crippen LogP contribution is -2.40. The lowest BCUT2D eigenvalue weighted by Gasteiger charge is -2.36. The zero-order valence-corrected chi connectivity index (χ0v) is 12.8. The van der Waals surface area contributed by atoms with Gasteiger partial charge in [0.1, 0.15) is 5.75 Å². The van der Waals surface area contributed by atoms with Crippen molar-refractivity contribution in [1.29, 1.82) is 0 Å². The molecule has 0 aromatic heterocycles. The molecule has 2 bridgehead atoms. The van der Waals surface area contributed by atoms with Crippen LogP contribution in [0, 0.1) is 0 Å².